The van der Waals surface area contributed by atoms with Gasteiger partial charge in [0.1, 0.15) is 0 Å². The Bertz CT molecular complexity index is 677. The Kier molecular flexibility index (Phi) is 8.80. The molecule has 1 aliphatic heterocycles. The van der Waals surface area contributed by atoms with E-state index < -0.39 is 0 Å². The summed E-state index contributed by atoms with van der Waals surface area (Å²) in [5.74, 6) is 0.290. The average Bonchev–Trinajstić information content (AvgIpc) is 3.02. The summed E-state index contributed by atoms with van der Waals surface area (Å²) in [5, 5.41) is 1.07. The summed E-state index contributed by atoms with van der Waals surface area (Å²) in [6.45, 7) is 5.85. The summed E-state index contributed by atoms with van der Waals surface area (Å²) in [5.41, 5.74) is 6.69. The second-order valence-corrected chi connectivity index (χ2v) is 7.98. The third-order valence-electron chi connectivity index (χ3n) is 5.46. The van der Waals surface area contributed by atoms with Gasteiger partial charge in [-0.2, -0.15) is 0 Å². The predicted molar refractivity (Wildman–Crippen MR) is 115 cm³/mol. The Morgan fingerprint density at radius 1 is 1.23 bits per heavy atom. The van der Waals surface area contributed by atoms with Gasteiger partial charge in [0, 0.05) is 25.6 Å². The van der Waals surface area contributed by atoms with E-state index in [9.17, 15) is 4.79 Å². The molecule has 4 nitrogen and oxygen atoms in total. The number of para-hydroxylation sites is 1. The number of amides is 1. The minimum atomic E-state index is -0.338. The Balaban J connectivity index is 0.00000169. The normalized spacial score (nSPS) is 15.4. The zero-order valence-corrected chi connectivity index (χ0v) is 17.9. The number of nitrogens with two attached hydrogens (primary N) is 1. The fourth-order valence-corrected chi connectivity index (χ4v) is 4.71. The first kappa shape index (κ1) is 23.2. The van der Waals surface area contributed by atoms with Gasteiger partial charge >= 0.3 is 0 Å². The molecule has 2 aromatic rings. The van der Waals surface area contributed by atoms with Crippen LogP contribution in [0.3, 0.4) is 0 Å². The molecule has 2 heterocycles. The fraction of sp³-hybridized carbons (Fsp3) is 0.579. The van der Waals surface area contributed by atoms with E-state index >= 15 is 0 Å². The fourth-order valence-electron chi connectivity index (χ4n) is 3.60. The van der Waals surface area contributed by atoms with Gasteiger partial charge in [0.2, 0.25) is 5.91 Å². The Labute approximate surface area is 172 Å². The molecule has 7 heteroatoms. The number of carbonyl (C=O) groups excluding carboxylic acids is 1. The van der Waals surface area contributed by atoms with Crippen LogP contribution in [0.4, 0.5) is 0 Å². The maximum absolute atomic E-state index is 13.3. The van der Waals surface area contributed by atoms with E-state index in [4.69, 9.17) is 10.7 Å². The van der Waals surface area contributed by atoms with Crippen LogP contribution in [0, 0.1) is 5.41 Å². The Morgan fingerprint density at radius 2 is 1.85 bits per heavy atom. The largest absolute Gasteiger partial charge is 0.342 e. The molecule has 1 aromatic carbocycles. The van der Waals surface area contributed by atoms with Gasteiger partial charge in [0.05, 0.1) is 20.6 Å². The van der Waals surface area contributed by atoms with E-state index in [1.807, 2.05) is 23.1 Å². The molecule has 0 aliphatic carbocycles. The number of hydrogen-bond acceptors (Lipinski definition) is 4. The number of fused-ring (bicyclic) bond motifs is 1. The Hall–Kier alpha value is -0.880. The quantitative estimate of drug-likeness (QED) is 0.781. The highest BCUT2D eigenvalue weighted by atomic mass is 35.5. The van der Waals surface area contributed by atoms with Crippen LogP contribution in [0.2, 0.25) is 0 Å². The number of aromatic nitrogens is 1. The average molecular weight is 418 g/mol. The van der Waals surface area contributed by atoms with E-state index in [1.54, 1.807) is 11.3 Å². The van der Waals surface area contributed by atoms with Crippen molar-refractivity contribution in [2.24, 2.45) is 11.1 Å². The van der Waals surface area contributed by atoms with Crippen LogP contribution >= 0.6 is 36.2 Å². The number of benzene rings is 1. The third-order valence-corrected chi connectivity index (χ3v) is 6.50. The van der Waals surface area contributed by atoms with Gasteiger partial charge in [-0.15, -0.1) is 36.2 Å². The molecule has 1 amide bonds. The van der Waals surface area contributed by atoms with Crippen molar-refractivity contribution < 1.29 is 4.79 Å². The molecular formula is C19H29Cl2N3OS. The lowest BCUT2D eigenvalue weighted by Crippen LogP contribution is -2.50. The van der Waals surface area contributed by atoms with E-state index in [1.165, 1.54) is 4.70 Å². The molecule has 1 saturated heterocycles. The molecule has 1 aromatic heterocycles. The van der Waals surface area contributed by atoms with Gasteiger partial charge in [-0.3, -0.25) is 4.79 Å². The van der Waals surface area contributed by atoms with Crippen LogP contribution in [-0.4, -0.2) is 34.9 Å². The monoisotopic (exact) mass is 417 g/mol. The number of piperidine rings is 1. The summed E-state index contributed by atoms with van der Waals surface area (Å²) >= 11 is 1.72. The molecule has 26 heavy (non-hydrogen) atoms. The van der Waals surface area contributed by atoms with Gasteiger partial charge < -0.3 is 10.6 Å². The first-order valence-electron chi connectivity index (χ1n) is 8.97. The summed E-state index contributed by atoms with van der Waals surface area (Å²) in [6.07, 6.45) is 4.26. The van der Waals surface area contributed by atoms with Crippen molar-refractivity contribution in [1.82, 2.24) is 9.88 Å². The highest BCUT2D eigenvalue weighted by Crippen LogP contribution is 2.36. The first-order valence-corrected chi connectivity index (χ1v) is 9.79. The van der Waals surface area contributed by atoms with Gasteiger partial charge in [-0.05, 0) is 37.8 Å². The van der Waals surface area contributed by atoms with Crippen molar-refractivity contribution in [3.63, 3.8) is 0 Å². The van der Waals surface area contributed by atoms with Gasteiger partial charge in [0.25, 0.3) is 0 Å². The predicted octanol–water partition coefficient (Wildman–Crippen LogP) is 4.44. The van der Waals surface area contributed by atoms with E-state index in [-0.39, 0.29) is 36.3 Å². The molecule has 3 rings (SSSR count). The molecule has 0 radical (unpaired) electrons. The highest BCUT2D eigenvalue weighted by molar-refractivity contribution is 7.18. The second kappa shape index (κ2) is 9.88. The molecule has 1 aliphatic rings. The number of carbonyl (C=O) groups is 1. The molecule has 2 N–H and O–H groups in total. The molecule has 0 atom stereocenters. The molecule has 0 unspecified atom stereocenters. The van der Waals surface area contributed by atoms with Crippen LogP contribution in [0.15, 0.2) is 24.3 Å². The summed E-state index contributed by atoms with van der Waals surface area (Å²) in [7, 11) is 0. The third kappa shape index (κ3) is 4.69. The van der Waals surface area contributed by atoms with Gasteiger partial charge in [-0.25, -0.2) is 4.98 Å². The van der Waals surface area contributed by atoms with Crippen molar-refractivity contribution in [3.8, 4) is 0 Å². The number of rotatable bonds is 5. The number of hydrogen-bond donors (Lipinski definition) is 1. The summed E-state index contributed by atoms with van der Waals surface area (Å²) in [6, 6.07) is 8.45. The van der Waals surface area contributed by atoms with Crippen molar-refractivity contribution >= 4 is 52.3 Å². The second-order valence-electron chi connectivity index (χ2n) is 6.87. The van der Waals surface area contributed by atoms with Gasteiger partial charge in [-0.1, -0.05) is 26.0 Å². The maximum Gasteiger partial charge on any atom is 0.229 e. The minimum Gasteiger partial charge on any atom is -0.342 e. The highest BCUT2D eigenvalue weighted by Gasteiger charge is 2.39. The van der Waals surface area contributed by atoms with Crippen molar-refractivity contribution in [3.05, 3.63) is 29.3 Å². The lowest BCUT2D eigenvalue weighted by atomic mass is 9.77. The van der Waals surface area contributed by atoms with Crippen LogP contribution in [-0.2, 0) is 11.2 Å². The minimum absolute atomic E-state index is 0. The first-order chi connectivity index (χ1) is 11.6. The van der Waals surface area contributed by atoms with Gasteiger partial charge in [0.15, 0.2) is 0 Å². The molecule has 146 valence electrons. The number of halogens is 2. The molecular weight excluding hydrogens is 389 g/mol. The van der Waals surface area contributed by atoms with Crippen LogP contribution in [0.1, 0.15) is 44.5 Å². The summed E-state index contributed by atoms with van der Waals surface area (Å²) in [4.78, 5) is 20.1. The van der Waals surface area contributed by atoms with Crippen molar-refractivity contribution in [1.29, 1.82) is 0 Å². The molecule has 1 fully saturated rings. The summed E-state index contributed by atoms with van der Waals surface area (Å²) < 4.78 is 1.20. The molecule has 0 saturated carbocycles. The van der Waals surface area contributed by atoms with Crippen molar-refractivity contribution in [2.75, 3.05) is 13.1 Å². The molecule has 0 spiro atoms. The maximum atomic E-state index is 13.3. The Morgan fingerprint density at radius 3 is 2.42 bits per heavy atom. The van der Waals surface area contributed by atoms with E-state index in [0.717, 1.165) is 55.7 Å². The lowest BCUT2D eigenvalue weighted by Gasteiger charge is -2.38. The zero-order chi connectivity index (χ0) is 17.2. The number of likely N-dealkylation sites (tertiary alicyclic amines) is 1. The van der Waals surface area contributed by atoms with Crippen LogP contribution in [0.25, 0.3) is 10.2 Å². The number of thiazole rings is 1. The topological polar surface area (TPSA) is 59.2 Å². The van der Waals surface area contributed by atoms with E-state index in [0.29, 0.717) is 5.91 Å². The zero-order valence-electron chi connectivity index (χ0n) is 15.4. The van der Waals surface area contributed by atoms with Crippen molar-refractivity contribution in [2.45, 2.75) is 52.0 Å². The lowest BCUT2D eigenvalue weighted by molar-refractivity contribution is -0.143. The standard InChI is InChI=1S/C19H27N3OS.2ClH/c1-3-19(4-2,18(23)22-11-9-14(20)10-12-22)13-17-21-15-7-5-6-8-16(15)24-17;;/h5-8,14H,3-4,9-13,20H2,1-2H3;2*1H. The van der Waals surface area contributed by atoms with E-state index in [2.05, 4.69) is 19.9 Å². The smallest absolute Gasteiger partial charge is 0.229 e. The van der Waals surface area contributed by atoms with Crippen LogP contribution < -0.4 is 5.73 Å². The van der Waals surface area contributed by atoms with Crippen LogP contribution in [0.5, 0.6) is 0 Å². The molecule has 0 bridgehead atoms. The SMILES string of the molecule is CCC(CC)(Cc1nc2ccccc2s1)C(=O)N1CCC(N)CC1.Cl.Cl. The number of nitrogens with zero attached hydrogens (tertiary/aromatic N) is 2.